The molecule has 3 rings (SSSR count). The summed E-state index contributed by atoms with van der Waals surface area (Å²) in [5.74, 6) is 1.59. The number of nitrogens with one attached hydrogen (secondary N) is 2. The van der Waals surface area contributed by atoms with Gasteiger partial charge < -0.3 is 10.3 Å². The molecule has 1 aliphatic rings. The van der Waals surface area contributed by atoms with Crippen molar-refractivity contribution in [2.45, 2.75) is 25.8 Å². The van der Waals surface area contributed by atoms with Crippen molar-refractivity contribution in [3.05, 3.63) is 30.0 Å². The Kier molecular flexibility index (Phi) is 2.60. The van der Waals surface area contributed by atoms with Gasteiger partial charge in [0.15, 0.2) is 5.82 Å². The molecule has 0 bridgehead atoms. The molecule has 17 heavy (non-hydrogen) atoms. The zero-order chi connectivity index (χ0) is 11.7. The summed E-state index contributed by atoms with van der Waals surface area (Å²) >= 11 is 0. The van der Waals surface area contributed by atoms with Crippen molar-refractivity contribution in [1.29, 1.82) is 0 Å². The van der Waals surface area contributed by atoms with Crippen LogP contribution in [0.4, 0.5) is 0 Å². The highest BCUT2D eigenvalue weighted by molar-refractivity contribution is 5.49. The Hall–Kier alpha value is -1.75. The number of aryl methyl sites for hydroxylation is 1. The van der Waals surface area contributed by atoms with Gasteiger partial charge in [-0.1, -0.05) is 0 Å². The normalized spacial score (nSPS) is 19.7. The monoisotopic (exact) mass is 229 g/mol. The maximum atomic E-state index is 4.51. The molecule has 1 aliphatic heterocycles. The van der Waals surface area contributed by atoms with Crippen LogP contribution in [0.15, 0.2) is 18.5 Å². The second-order valence-electron chi connectivity index (χ2n) is 4.31. The third-order valence-electron chi connectivity index (χ3n) is 3.02. The molecule has 0 unspecified atom stereocenters. The lowest BCUT2D eigenvalue weighted by Crippen LogP contribution is -2.15. The number of H-pyrrole nitrogens is 1. The molecule has 0 amide bonds. The van der Waals surface area contributed by atoms with Crippen LogP contribution >= 0.6 is 0 Å². The number of nitrogens with zero attached hydrogens (tertiary/aromatic N) is 3. The van der Waals surface area contributed by atoms with Gasteiger partial charge in [-0.25, -0.2) is 15.0 Å². The first-order valence-electron chi connectivity index (χ1n) is 5.91. The summed E-state index contributed by atoms with van der Waals surface area (Å²) in [7, 11) is 0. The number of hydrogen-bond acceptors (Lipinski definition) is 4. The van der Waals surface area contributed by atoms with Gasteiger partial charge in [0.2, 0.25) is 0 Å². The predicted molar refractivity (Wildman–Crippen MR) is 64.3 cm³/mol. The topological polar surface area (TPSA) is 66.5 Å². The molecule has 0 spiro atoms. The molecule has 88 valence electrons. The molecular weight excluding hydrogens is 214 g/mol. The Morgan fingerprint density at radius 3 is 3.00 bits per heavy atom. The van der Waals surface area contributed by atoms with Gasteiger partial charge in [-0.2, -0.15) is 0 Å². The van der Waals surface area contributed by atoms with Crippen molar-refractivity contribution in [1.82, 2.24) is 25.3 Å². The van der Waals surface area contributed by atoms with Crippen LogP contribution in [0.2, 0.25) is 0 Å². The van der Waals surface area contributed by atoms with Crippen molar-refractivity contribution in [2.24, 2.45) is 0 Å². The molecule has 5 heteroatoms. The third-order valence-corrected chi connectivity index (χ3v) is 3.02. The summed E-state index contributed by atoms with van der Waals surface area (Å²) in [4.78, 5) is 16.2. The molecule has 1 fully saturated rings. The van der Waals surface area contributed by atoms with Crippen LogP contribution in [-0.2, 0) is 0 Å². The van der Waals surface area contributed by atoms with E-state index in [4.69, 9.17) is 0 Å². The van der Waals surface area contributed by atoms with Gasteiger partial charge in [-0.3, -0.25) is 0 Å². The Morgan fingerprint density at radius 1 is 1.35 bits per heavy atom. The minimum absolute atomic E-state index is 0.366. The average Bonchev–Trinajstić information content (AvgIpc) is 3.02. The first-order chi connectivity index (χ1) is 8.33. The molecule has 2 aromatic rings. The molecule has 5 nitrogen and oxygen atoms in total. The van der Waals surface area contributed by atoms with Crippen molar-refractivity contribution in [3.8, 4) is 11.5 Å². The standard InChI is InChI=1S/C12H15N5/c1-8-16-10(9-3-2-4-13-9)7-11(17-8)12-14-5-6-15-12/h5-7,9,13H,2-4H2,1H3,(H,14,15)/t9-/m1/s1. The Balaban J connectivity index is 2.00. The van der Waals surface area contributed by atoms with Crippen LogP contribution in [0, 0.1) is 6.92 Å². The van der Waals surface area contributed by atoms with Gasteiger partial charge in [-0.15, -0.1) is 0 Å². The minimum atomic E-state index is 0.366. The van der Waals surface area contributed by atoms with Gasteiger partial charge >= 0.3 is 0 Å². The van der Waals surface area contributed by atoms with Crippen LogP contribution in [0.3, 0.4) is 0 Å². The van der Waals surface area contributed by atoms with Crippen molar-refractivity contribution in [3.63, 3.8) is 0 Å². The number of hydrogen-bond donors (Lipinski definition) is 2. The first-order valence-corrected chi connectivity index (χ1v) is 5.91. The second kappa shape index (κ2) is 4.25. The van der Waals surface area contributed by atoms with Crippen LogP contribution in [-0.4, -0.2) is 26.5 Å². The Labute approximate surface area is 99.7 Å². The van der Waals surface area contributed by atoms with Crippen LogP contribution in [0.25, 0.3) is 11.5 Å². The molecule has 1 atom stereocenters. The molecule has 1 saturated heterocycles. The summed E-state index contributed by atoms with van der Waals surface area (Å²) in [6, 6.07) is 2.39. The van der Waals surface area contributed by atoms with E-state index in [1.807, 2.05) is 13.0 Å². The molecule has 2 aromatic heterocycles. The van der Waals surface area contributed by atoms with E-state index in [0.717, 1.165) is 36.0 Å². The van der Waals surface area contributed by atoms with E-state index < -0.39 is 0 Å². The maximum absolute atomic E-state index is 4.51. The molecule has 0 radical (unpaired) electrons. The van der Waals surface area contributed by atoms with E-state index in [0.29, 0.717) is 6.04 Å². The predicted octanol–water partition coefficient (Wildman–Crippen LogP) is 1.60. The van der Waals surface area contributed by atoms with Crippen molar-refractivity contribution < 1.29 is 0 Å². The molecule has 0 aliphatic carbocycles. The van der Waals surface area contributed by atoms with Gasteiger partial charge in [0.05, 0.1) is 5.69 Å². The van der Waals surface area contributed by atoms with E-state index in [-0.39, 0.29) is 0 Å². The van der Waals surface area contributed by atoms with Crippen LogP contribution in [0.5, 0.6) is 0 Å². The Bertz CT molecular complexity index is 500. The largest absolute Gasteiger partial charge is 0.343 e. The van der Waals surface area contributed by atoms with Gasteiger partial charge in [0, 0.05) is 18.4 Å². The summed E-state index contributed by atoms with van der Waals surface area (Å²) in [5.41, 5.74) is 1.94. The van der Waals surface area contributed by atoms with E-state index in [9.17, 15) is 0 Å². The molecule has 0 saturated carbocycles. The zero-order valence-electron chi connectivity index (χ0n) is 9.77. The summed E-state index contributed by atoms with van der Waals surface area (Å²) in [5, 5.41) is 3.45. The lowest BCUT2D eigenvalue weighted by atomic mass is 10.1. The zero-order valence-corrected chi connectivity index (χ0v) is 9.77. The minimum Gasteiger partial charge on any atom is -0.343 e. The lowest BCUT2D eigenvalue weighted by Gasteiger charge is -2.11. The number of aromatic amines is 1. The molecular formula is C12H15N5. The van der Waals surface area contributed by atoms with Gasteiger partial charge in [0.1, 0.15) is 11.5 Å². The Morgan fingerprint density at radius 2 is 2.29 bits per heavy atom. The SMILES string of the molecule is Cc1nc(-c2ncc[nH]2)cc([C@H]2CCCN2)n1. The highest BCUT2D eigenvalue weighted by Gasteiger charge is 2.19. The lowest BCUT2D eigenvalue weighted by molar-refractivity contribution is 0.623. The average molecular weight is 229 g/mol. The summed E-state index contributed by atoms with van der Waals surface area (Å²) in [6.45, 7) is 2.99. The third kappa shape index (κ3) is 2.06. The fraction of sp³-hybridized carbons (Fsp3) is 0.417. The second-order valence-corrected chi connectivity index (χ2v) is 4.31. The van der Waals surface area contributed by atoms with E-state index in [1.54, 1.807) is 12.4 Å². The van der Waals surface area contributed by atoms with Crippen LogP contribution < -0.4 is 5.32 Å². The number of aromatic nitrogens is 4. The fourth-order valence-electron chi connectivity index (χ4n) is 2.23. The summed E-state index contributed by atoms with van der Waals surface area (Å²) < 4.78 is 0. The molecule has 2 N–H and O–H groups in total. The van der Waals surface area contributed by atoms with Crippen molar-refractivity contribution in [2.75, 3.05) is 6.54 Å². The van der Waals surface area contributed by atoms with Crippen LogP contribution in [0.1, 0.15) is 30.4 Å². The smallest absolute Gasteiger partial charge is 0.156 e. The van der Waals surface area contributed by atoms with E-state index >= 15 is 0 Å². The maximum Gasteiger partial charge on any atom is 0.156 e. The van der Waals surface area contributed by atoms with E-state index in [2.05, 4.69) is 25.3 Å². The highest BCUT2D eigenvalue weighted by Crippen LogP contribution is 2.23. The molecule has 3 heterocycles. The van der Waals surface area contributed by atoms with Crippen molar-refractivity contribution >= 4 is 0 Å². The first kappa shape index (κ1) is 10.4. The van der Waals surface area contributed by atoms with Gasteiger partial charge in [0.25, 0.3) is 0 Å². The molecule has 0 aromatic carbocycles. The highest BCUT2D eigenvalue weighted by atomic mass is 15.0. The number of rotatable bonds is 2. The quantitative estimate of drug-likeness (QED) is 0.820. The fourth-order valence-corrected chi connectivity index (χ4v) is 2.23. The van der Waals surface area contributed by atoms with E-state index in [1.165, 1.54) is 6.42 Å². The number of imidazole rings is 1. The van der Waals surface area contributed by atoms with Gasteiger partial charge in [-0.05, 0) is 32.4 Å². The summed E-state index contributed by atoms with van der Waals surface area (Å²) in [6.07, 6.45) is 5.90.